The van der Waals surface area contributed by atoms with Crippen molar-refractivity contribution in [3.05, 3.63) is 0 Å². The van der Waals surface area contributed by atoms with Gasteiger partial charge in [0.15, 0.2) is 0 Å². The van der Waals surface area contributed by atoms with Crippen molar-refractivity contribution in [2.24, 2.45) is 0 Å². The Morgan fingerprint density at radius 1 is 0.190 bits per heavy atom. The van der Waals surface area contributed by atoms with Crippen LogP contribution >= 0.6 is 0 Å². The Morgan fingerprint density at radius 2 is 0.293 bits per heavy atom. The molecule has 0 aliphatic heterocycles. The van der Waals surface area contributed by atoms with Crippen molar-refractivity contribution in [1.82, 2.24) is 9.80 Å². The van der Waals surface area contributed by atoms with E-state index in [0.717, 1.165) is 26.3 Å². The molecule has 0 aromatic rings. The summed E-state index contributed by atoms with van der Waals surface area (Å²) in [6.07, 6.45) is 0. The van der Waals surface area contributed by atoms with Crippen LogP contribution in [0.4, 0.5) is 0 Å². The van der Waals surface area contributed by atoms with Crippen molar-refractivity contribution in [2.75, 3.05) is 198 Å². The molecular weight excluding hydrogens is 756 g/mol. The van der Waals surface area contributed by atoms with Gasteiger partial charge in [0, 0.05) is 37.3 Å². The minimum atomic E-state index is 0.507. The Morgan fingerprint density at radius 3 is 0.397 bits per heavy atom. The monoisotopic (exact) mass is 845 g/mol. The predicted molar refractivity (Wildman–Crippen MR) is 225 cm³/mol. The lowest BCUT2D eigenvalue weighted by Gasteiger charge is -2.30. The van der Waals surface area contributed by atoms with Crippen molar-refractivity contribution in [1.29, 1.82) is 0 Å². The minimum Gasteiger partial charge on any atom is -0.378 e. The summed E-state index contributed by atoms with van der Waals surface area (Å²) in [5.74, 6) is 0. The third-order valence-electron chi connectivity index (χ3n) is 8.48. The molecule has 350 valence electrons. The quantitative estimate of drug-likeness (QED) is 0.0827. The standard InChI is InChI=1S/C42H88N2O14/c1-39(2)43(40(3)4)9-11-45-13-15-47-17-19-49-21-23-51-25-27-53-29-31-55-33-35-57-37-38-58-36-34-56-32-30-54-28-26-52-24-22-50-20-18-48-16-14-46-12-10-44(41(5)6)42(7)8/h39-42H,9-38H2,1-8H3. The fraction of sp³-hybridized carbons (Fsp3) is 1.00. The Labute approximate surface area is 353 Å². The lowest BCUT2D eigenvalue weighted by molar-refractivity contribution is -0.0299. The van der Waals surface area contributed by atoms with Crippen molar-refractivity contribution in [3.63, 3.8) is 0 Å². The summed E-state index contributed by atoms with van der Waals surface area (Å²) in [6.45, 7) is 34.8. The molecule has 0 saturated heterocycles. The highest BCUT2D eigenvalue weighted by Crippen LogP contribution is 2.05. The van der Waals surface area contributed by atoms with E-state index in [-0.39, 0.29) is 0 Å². The Bertz CT molecular complexity index is 710. The van der Waals surface area contributed by atoms with Crippen LogP contribution in [-0.2, 0) is 66.3 Å². The largest absolute Gasteiger partial charge is 0.378 e. The van der Waals surface area contributed by atoms with Crippen LogP contribution in [0.1, 0.15) is 55.4 Å². The summed E-state index contributed by atoms with van der Waals surface area (Å²) in [5, 5.41) is 0. The number of nitrogens with zero attached hydrogens (tertiary/aromatic N) is 2. The van der Waals surface area contributed by atoms with Crippen molar-refractivity contribution < 1.29 is 66.3 Å². The van der Waals surface area contributed by atoms with Gasteiger partial charge in [-0.15, -0.1) is 0 Å². The molecule has 16 nitrogen and oxygen atoms in total. The summed E-state index contributed by atoms with van der Waals surface area (Å²) in [5.41, 5.74) is 0. The molecule has 0 N–H and O–H groups in total. The maximum atomic E-state index is 5.68. The van der Waals surface area contributed by atoms with E-state index in [1.807, 2.05) is 0 Å². The highest BCUT2D eigenvalue weighted by atomic mass is 16.6. The van der Waals surface area contributed by atoms with Gasteiger partial charge in [-0.2, -0.15) is 0 Å². The zero-order valence-electron chi connectivity index (χ0n) is 38.1. The van der Waals surface area contributed by atoms with Crippen LogP contribution in [0.2, 0.25) is 0 Å². The highest BCUT2D eigenvalue weighted by Gasteiger charge is 2.13. The van der Waals surface area contributed by atoms with Gasteiger partial charge in [-0.1, -0.05) is 0 Å². The molecule has 58 heavy (non-hydrogen) atoms. The van der Waals surface area contributed by atoms with Crippen LogP contribution < -0.4 is 0 Å². The molecule has 0 atom stereocenters. The van der Waals surface area contributed by atoms with Crippen LogP contribution in [-0.4, -0.2) is 232 Å². The van der Waals surface area contributed by atoms with E-state index in [9.17, 15) is 0 Å². The number of hydrogen-bond acceptors (Lipinski definition) is 16. The molecular formula is C42H88N2O14. The first-order chi connectivity index (χ1) is 28.3. The molecule has 0 rings (SSSR count). The van der Waals surface area contributed by atoms with Gasteiger partial charge in [-0.05, 0) is 55.4 Å². The SMILES string of the molecule is CC(C)N(CCOCCOCCOCCOCCOCCOCCOCCOCCOCCOCCOCCOCCOCCOCCN(C(C)C)C(C)C)C(C)C. The van der Waals surface area contributed by atoms with Gasteiger partial charge in [0.05, 0.1) is 185 Å². The molecule has 0 unspecified atom stereocenters. The number of rotatable bonds is 49. The normalized spacial score (nSPS) is 12.3. The smallest absolute Gasteiger partial charge is 0.0701 e. The molecule has 0 spiro atoms. The first kappa shape index (κ1) is 57.4. The van der Waals surface area contributed by atoms with Crippen LogP contribution in [0.5, 0.6) is 0 Å². The van der Waals surface area contributed by atoms with E-state index in [0.29, 0.717) is 196 Å². The molecule has 0 aliphatic rings. The molecule has 0 aliphatic carbocycles. The van der Waals surface area contributed by atoms with Crippen LogP contribution in [0.15, 0.2) is 0 Å². The Kier molecular flexibility index (Phi) is 45.4. The summed E-state index contributed by atoms with van der Waals surface area (Å²) >= 11 is 0. The third kappa shape index (κ3) is 42.1. The van der Waals surface area contributed by atoms with Crippen molar-refractivity contribution >= 4 is 0 Å². The molecule has 0 heterocycles. The first-order valence-corrected chi connectivity index (χ1v) is 21.9. The molecule has 0 radical (unpaired) electrons. The third-order valence-corrected chi connectivity index (χ3v) is 8.48. The van der Waals surface area contributed by atoms with Crippen LogP contribution in [0.3, 0.4) is 0 Å². The Hall–Kier alpha value is -0.640. The van der Waals surface area contributed by atoms with E-state index in [1.165, 1.54) is 0 Å². The first-order valence-electron chi connectivity index (χ1n) is 21.9. The van der Waals surface area contributed by atoms with Crippen LogP contribution in [0, 0.1) is 0 Å². The summed E-state index contributed by atoms with van der Waals surface area (Å²) in [7, 11) is 0. The molecule has 0 aromatic heterocycles. The molecule has 0 bridgehead atoms. The average molecular weight is 845 g/mol. The number of hydrogen-bond donors (Lipinski definition) is 0. The van der Waals surface area contributed by atoms with Gasteiger partial charge >= 0.3 is 0 Å². The van der Waals surface area contributed by atoms with Gasteiger partial charge in [0.1, 0.15) is 0 Å². The highest BCUT2D eigenvalue weighted by molar-refractivity contribution is 4.67. The van der Waals surface area contributed by atoms with Gasteiger partial charge < -0.3 is 66.3 Å². The Balaban J connectivity index is 3.15. The van der Waals surface area contributed by atoms with E-state index >= 15 is 0 Å². The van der Waals surface area contributed by atoms with Gasteiger partial charge in [-0.3, -0.25) is 9.80 Å². The molecule has 0 saturated carbocycles. The second-order valence-electron chi connectivity index (χ2n) is 14.4. The zero-order valence-corrected chi connectivity index (χ0v) is 38.1. The molecule has 16 heteroatoms. The van der Waals surface area contributed by atoms with Gasteiger partial charge in [0.2, 0.25) is 0 Å². The lowest BCUT2D eigenvalue weighted by atomic mass is 10.2. The second kappa shape index (κ2) is 45.9. The fourth-order valence-corrected chi connectivity index (χ4v) is 5.53. The fourth-order valence-electron chi connectivity index (χ4n) is 5.53. The maximum absolute atomic E-state index is 5.68. The predicted octanol–water partition coefficient (Wildman–Crippen LogP) is 3.46. The van der Waals surface area contributed by atoms with E-state index in [2.05, 4.69) is 65.2 Å². The second-order valence-corrected chi connectivity index (χ2v) is 14.4. The number of ether oxygens (including phenoxy) is 14. The molecule has 0 amide bonds. The zero-order chi connectivity index (χ0) is 42.6. The molecule has 0 aromatic carbocycles. The summed E-state index contributed by atoms with van der Waals surface area (Å²) in [6, 6.07) is 2.08. The molecule has 0 fully saturated rings. The van der Waals surface area contributed by atoms with Crippen molar-refractivity contribution in [3.8, 4) is 0 Å². The van der Waals surface area contributed by atoms with Crippen LogP contribution in [0.25, 0.3) is 0 Å². The summed E-state index contributed by atoms with van der Waals surface area (Å²) in [4.78, 5) is 4.83. The van der Waals surface area contributed by atoms with Crippen molar-refractivity contribution in [2.45, 2.75) is 79.6 Å². The van der Waals surface area contributed by atoms with E-state index in [1.54, 1.807) is 0 Å². The van der Waals surface area contributed by atoms with E-state index < -0.39 is 0 Å². The van der Waals surface area contributed by atoms with Gasteiger partial charge in [-0.25, -0.2) is 0 Å². The lowest BCUT2D eigenvalue weighted by Crippen LogP contribution is -2.39. The maximum Gasteiger partial charge on any atom is 0.0701 e. The minimum absolute atomic E-state index is 0.507. The topological polar surface area (TPSA) is 136 Å². The van der Waals surface area contributed by atoms with Gasteiger partial charge in [0.25, 0.3) is 0 Å². The van der Waals surface area contributed by atoms with E-state index in [4.69, 9.17) is 66.3 Å². The summed E-state index contributed by atoms with van der Waals surface area (Å²) < 4.78 is 77.6. The average Bonchev–Trinajstić information content (AvgIpc) is 3.18.